The number of amides is 1. The molecular weight excluding hydrogens is 306 g/mol. The van der Waals surface area contributed by atoms with Crippen LogP contribution < -0.4 is 10.1 Å². The van der Waals surface area contributed by atoms with Crippen molar-refractivity contribution in [2.75, 3.05) is 13.2 Å². The first kappa shape index (κ1) is 17.5. The molecule has 5 nitrogen and oxygen atoms in total. The smallest absolute Gasteiger partial charge is 0.326 e. The summed E-state index contributed by atoms with van der Waals surface area (Å²) in [6.45, 7) is 4.07. The van der Waals surface area contributed by atoms with E-state index in [-0.39, 0.29) is 18.6 Å². The molecule has 0 bridgehead atoms. The van der Waals surface area contributed by atoms with Gasteiger partial charge in [0.05, 0.1) is 6.61 Å². The Morgan fingerprint density at radius 3 is 2.33 bits per heavy atom. The van der Waals surface area contributed by atoms with Crippen molar-refractivity contribution >= 4 is 11.9 Å². The van der Waals surface area contributed by atoms with E-state index in [4.69, 9.17) is 9.47 Å². The van der Waals surface area contributed by atoms with Gasteiger partial charge in [-0.15, -0.1) is 0 Å². The standard InChI is InChI=1S/C19H21NO4/c1-3-23-17-11-9-16(10-12-17)19(22)20-13-18(21)24-14(2)15-7-5-4-6-8-15/h4-12,14H,3,13H2,1-2H3,(H,20,22)/t14-/m1/s1. The van der Waals surface area contributed by atoms with E-state index in [1.54, 1.807) is 31.2 Å². The minimum atomic E-state index is -0.481. The van der Waals surface area contributed by atoms with E-state index in [1.807, 2.05) is 37.3 Å². The molecule has 0 aromatic heterocycles. The molecule has 126 valence electrons. The number of hydrogen-bond donors (Lipinski definition) is 1. The summed E-state index contributed by atoms with van der Waals surface area (Å²) in [4.78, 5) is 23.9. The Labute approximate surface area is 141 Å². The summed E-state index contributed by atoms with van der Waals surface area (Å²) >= 11 is 0. The van der Waals surface area contributed by atoms with Crippen LogP contribution in [0.1, 0.15) is 35.9 Å². The number of ether oxygens (including phenoxy) is 2. The Kier molecular flexibility index (Phi) is 6.37. The Bertz CT molecular complexity index is 668. The van der Waals surface area contributed by atoms with Crippen LogP contribution in [0.15, 0.2) is 54.6 Å². The maximum Gasteiger partial charge on any atom is 0.326 e. The quantitative estimate of drug-likeness (QED) is 0.794. The van der Waals surface area contributed by atoms with E-state index < -0.39 is 5.97 Å². The summed E-state index contributed by atoms with van der Waals surface area (Å²) < 4.78 is 10.6. The molecule has 0 radical (unpaired) electrons. The van der Waals surface area contributed by atoms with Crippen LogP contribution in [0.5, 0.6) is 5.75 Å². The van der Waals surface area contributed by atoms with Gasteiger partial charge in [-0.25, -0.2) is 0 Å². The van der Waals surface area contributed by atoms with E-state index in [0.29, 0.717) is 17.9 Å². The minimum Gasteiger partial charge on any atom is -0.494 e. The lowest BCUT2D eigenvalue weighted by Gasteiger charge is -2.14. The molecule has 0 aliphatic carbocycles. The Morgan fingerprint density at radius 2 is 1.71 bits per heavy atom. The first-order chi connectivity index (χ1) is 11.6. The zero-order valence-corrected chi connectivity index (χ0v) is 13.8. The van der Waals surface area contributed by atoms with Crippen LogP contribution in [0.25, 0.3) is 0 Å². The number of carbonyl (C=O) groups excluding carboxylic acids is 2. The molecule has 0 unspecified atom stereocenters. The first-order valence-corrected chi connectivity index (χ1v) is 7.85. The molecule has 0 saturated heterocycles. The van der Waals surface area contributed by atoms with Crippen molar-refractivity contribution in [1.29, 1.82) is 0 Å². The molecule has 2 rings (SSSR count). The highest BCUT2D eigenvalue weighted by Gasteiger charge is 2.13. The summed E-state index contributed by atoms with van der Waals surface area (Å²) in [5.41, 5.74) is 1.37. The number of carbonyl (C=O) groups is 2. The highest BCUT2D eigenvalue weighted by atomic mass is 16.5. The fraction of sp³-hybridized carbons (Fsp3) is 0.263. The zero-order chi connectivity index (χ0) is 17.4. The highest BCUT2D eigenvalue weighted by molar-refractivity contribution is 5.96. The van der Waals surface area contributed by atoms with Gasteiger partial charge in [0, 0.05) is 5.56 Å². The summed E-state index contributed by atoms with van der Waals surface area (Å²) in [5, 5.41) is 2.55. The maximum atomic E-state index is 12.0. The number of nitrogens with one attached hydrogen (secondary N) is 1. The van der Waals surface area contributed by atoms with E-state index in [1.165, 1.54) is 0 Å². The Hall–Kier alpha value is -2.82. The summed E-state index contributed by atoms with van der Waals surface area (Å²) in [5.74, 6) is -0.113. The molecule has 0 spiro atoms. The Morgan fingerprint density at radius 1 is 1.04 bits per heavy atom. The van der Waals surface area contributed by atoms with Crippen molar-refractivity contribution in [3.8, 4) is 5.75 Å². The summed E-state index contributed by atoms with van der Waals surface area (Å²) in [7, 11) is 0. The predicted molar refractivity (Wildman–Crippen MR) is 90.9 cm³/mol. The molecular formula is C19H21NO4. The van der Waals surface area contributed by atoms with Gasteiger partial charge in [0.1, 0.15) is 18.4 Å². The van der Waals surface area contributed by atoms with E-state index in [9.17, 15) is 9.59 Å². The van der Waals surface area contributed by atoms with Gasteiger partial charge in [-0.3, -0.25) is 9.59 Å². The van der Waals surface area contributed by atoms with Gasteiger partial charge >= 0.3 is 5.97 Å². The maximum absolute atomic E-state index is 12.0. The summed E-state index contributed by atoms with van der Waals surface area (Å²) in [6, 6.07) is 16.2. The normalized spacial score (nSPS) is 11.4. The summed E-state index contributed by atoms with van der Waals surface area (Å²) in [6.07, 6.45) is -0.360. The van der Waals surface area contributed by atoms with Crippen molar-refractivity contribution in [2.45, 2.75) is 20.0 Å². The van der Waals surface area contributed by atoms with Crippen LogP contribution in [0.3, 0.4) is 0 Å². The van der Waals surface area contributed by atoms with Crippen LogP contribution in [-0.2, 0) is 9.53 Å². The molecule has 5 heteroatoms. The molecule has 24 heavy (non-hydrogen) atoms. The minimum absolute atomic E-state index is 0.177. The lowest BCUT2D eigenvalue weighted by molar-refractivity contribution is -0.147. The van der Waals surface area contributed by atoms with Crippen LogP contribution in [0.4, 0.5) is 0 Å². The predicted octanol–water partition coefficient (Wildman–Crippen LogP) is 3.12. The lowest BCUT2D eigenvalue weighted by Crippen LogP contribution is -2.31. The highest BCUT2D eigenvalue weighted by Crippen LogP contribution is 2.16. The van der Waals surface area contributed by atoms with Gasteiger partial charge in [0.2, 0.25) is 0 Å². The van der Waals surface area contributed by atoms with Gasteiger partial charge in [0.25, 0.3) is 5.91 Å². The van der Waals surface area contributed by atoms with Crippen LogP contribution >= 0.6 is 0 Å². The second-order valence-corrected chi connectivity index (χ2v) is 5.18. The topological polar surface area (TPSA) is 64.6 Å². The number of esters is 1. The fourth-order valence-corrected chi connectivity index (χ4v) is 2.15. The molecule has 0 aliphatic rings. The van der Waals surface area contributed by atoms with Crippen molar-refractivity contribution in [3.05, 3.63) is 65.7 Å². The zero-order valence-electron chi connectivity index (χ0n) is 13.8. The van der Waals surface area contributed by atoms with Crippen LogP contribution in [0, 0.1) is 0 Å². The second kappa shape index (κ2) is 8.72. The van der Waals surface area contributed by atoms with Crippen molar-refractivity contribution < 1.29 is 19.1 Å². The third-order valence-electron chi connectivity index (χ3n) is 3.40. The van der Waals surface area contributed by atoms with Crippen molar-refractivity contribution in [1.82, 2.24) is 5.32 Å². The Balaban J connectivity index is 1.81. The average molecular weight is 327 g/mol. The number of benzene rings is 2. The third-order valence-corrected chi connectivity index (χ3v) is 3.40. The van der Waals surface area contributed by atoms with Gasteiger partial charge in [0.15, 0.2) is 0 Å². The molecule has 0 fully saturated rings. The molecule has 1 N–H and O–H groups in total. The van der Waals surface area contributed by atoms with Gasteiger partial charge < -0.3 is 14.8 Å². The number of hydrogen-bond acceptors (Lipinski definition) is 4. The van der Waals surface area contributed by atoms with Gasteiger partial charge in [-0.1, -0.05) is 30.3 Å². The molecule has 1 atom stereocenters. The first-order valence-electron chi connectivity index (χ1n) is 7.85. The van der Waals surface area contributed by atoms with E-state index >= 15 is 0 Å². The van der Waals surface area contributed by atoms with Gasteiger partial charge in [-0.05, 0) is 43.7 Å². The molecule has 1 amide bonds. The lowest BCUT2D eigenvalue weighted by atomic mass is 10.1. The third kappa shape index (κ3) is 5.12. The second-order valence-electron chi connectivity index (χ2n) is 5.18. The van der Waals surface area contributed by atoms with E-state index in [2.05, 4.69) is 5.32 Å². The average Bonchev–Trinajstić information content (AvgIpc) is 2.61. The SMILES string of the molecule is CCOc1ccc(C(=O)NCC(=O)O[C@H](C)c2ccccc2)cc1. The van der Waals surface area contributed by atoms with Crippen LogP contribution in [0.2, 0.25) is 0 Å². The molecule has 2 aromatic rings. The van der Waals surface area contributed by atoms with Crippen molar-refractivity contribution in [3.63, 3.8) is 0 Å². The van der Waals surface area contributed by atoms with Gasteiger partial charge in [-0.2, -0.15) is 0 Å². The van der Waals surface area contributed by atoms with Crippen LogP contribution in [-0.4, -0.2) is 25.0 Å². The molecule has 2 aromatic carbocycles. The molecule has 0 saturated carbocycles. The van der Waals surface area contributed by atoms with Crippen molar-refractivity contribution in [2.24, 2.45) is 0 Å². The molecule has 0 aliphatic heterocycles. The number of rotatable bonds is 7. The largest absolute Gasteiger partial charge is 0.494 e. The molecule has 0 heterocycles. The van der Waals surface area contributed by atoms with E-state index in [0.717, 1.165) is 5.56 Å². The monoisotopic (exact) mass is 327 g/mol. The fourth-order valence-electron chi connectivity index (χ4n) is 2.15.